The Morgan fingerprint density at radius 2 is 1.65 bits per heavy atom. The zero-order valence-electron chi connectivity index (χ0n) is 11.1. The normalized spacial score (nSPS) is 11.2. The van der Waals surface area contributed by atoms with E-state index in [9.17, 15) is 0 Å². The highest BCUT2D eigenvalue weighted by molar-refractivity contribution is 5.83. The molecule has 2 aromatic heterocycles. The lowest BCUT2D eigenvalue weighted by Gasteiger charge is -2.06. The van der Waals surface area contributed by atoms with Gasteiger partial charge in [-0.3, -0.25) is 4.40 Å². The topological polar surface area (TPSA) is 30.2 Å². The minimum Gasteiger partial charge on any atom is -0.283 e. The maximum absolute atomic E-state index is 4.72. The van der Waals surface area contributed by atoms with Crippen LogP contribution >= 0.6 is 0 Å². The molecule has 0 aliphatic heterocycles. The standard InChI is InChI=1S/C17H13N3/c1-12-16(13-7-3-2-4-8-13)18-11-20-15-10-6-5-9-14(15)19-17(12)20/h2-11H,1H3. The van der Waals surface area contributed by atoms with E-state index in [2.05, 4.69) is 34.5 Å². The maximum Gasteiger partial charge on any atom is 0.144 e. The lowest BCUT2D eigenvalue weighted by atomic mass is 10.1. The molecule has 0 aliphatic carbocycles. The van der Waals surface area contributed by atoms with Crippen LogP contribution in [-0.2, 0) is 0 Å². The van der Waals surface area contributed by atoms with E-state index in [0.717, 1.165) is 33.5 Å². The van der Waals surface area contributed by atoms with Crippen molar-refractivity contribution in [2.45, 2.75) is 6.92 Å². The molecule has 0 saturated heterocycles. The molecule has 20 heavy (non-hydrogen) atoms. The first-order chi connectivity index (χ1) is 9.84. The Morgan fingerprint density at radius 1 is 0.900 bits per heavy atom. The predicted molar refractivity (Wildman–Crippen MR) is 80.7 cm³/mol. The van der Waals surface area contributed by atoms with Crippen molar-refractivity contribution in [1.29, 1.82) is 0 Å². The summed E-state index contributed by atoms with van der Waals surface area (Å²) in [5.41, 5.74) is 6.29. The number of para-hydroxylation sites is 2. The highest BCUT2D eigenvalue weighted by atomic mass is 15.1. The van der Waals surface area contributed by atoms with Gasteiger partial charge in [0, 0.05) is 11.1 Å². The Balaban J connectivity index is 2.07. The summed E-state index contributed by atoms with van der Waals surface area (Å²) in [4.78, 5) is 9.35. The van der Waals surface area contributed by atoms with Gasteiger partial charge in [-0.05, 0) is 19.1 Å². The summed E-state index contributed by atoms with van der Waals surface area (Å²) >= 11 is 0. The van der Waals surface area contributed by atoms with Crippen LogP contribution < -0.4 is 0 Å². The summed E-state index contributed by atoms with van der Waals surface area (Å²) in [7, 11) is 0. The van der Waals surface area contributed by atoms with Gasteiger partial charge in [0.1, 0.15) is 12.0 Å². The molecule has 0 N–H and O–H groups in total. The Morgan fingerprint density at radius 3 is 2.50 bits per heavy atom. The van der Waals surface area contributed by atoms with Crippen molar-refractivity contribution < 1.29 is 0 Å². The minimum absolute atomic E-state index is 0.972. The first-order valence-corrected chi connectivity index (χ1v) is 6.62. The van der Waals surface area contributed by atoms with E-state index in [1.54, 1.807) is 0 Å². The summed E-state index contributed by atoms with van der Waals surface area (Å²) in [5, 5.41) is 0. The van der Waals surface area contributed by atoms with E-state index in [-0.39, 0.29) is 0 Å². The van der Waals surface area contributed by atoms with Crippen molar-refractivity contribution in [3.63, 3.8) is 0 Å². The molecule has 96 valence electrons. The number of fused-ring (bicyclic) bond motifs is 3. The van der Waals surface area contributed by atoms with Gasteiger partial charge in [-0.15, -0.1) is 0 Å². The molecule has 0 fully saturated rings. The van der Waals surface area contributed by atoms with E-state index < -0.39 is 0 Å². The molecule has 0 spiro atoms. The van der Waals surface area contributed by atoms with Gasteiger partial charge in [-0.2, -0.15) is 0 Å². The molecular weight excluding hydrogens is 246 g/mol. The average Bonchev–Trinajstić information content (AvgIpc) is 2.88. The van der Waals surface area contributed by atoms with Gasteiger partial charge >= 0.3 is 0 Å². The van der Waals surface area contributed by atoms with Gasteiger partial charge < -0.3 is 0 Å². The average molecular weight is 259 g/mol. The molecule has 4 aromatic rings. The van der Waals surface area contributed by atoms with Crippen LogP contribution in [0.25, 0.3) is 27.9 Å². The van der Waals surface area contributed by atoms with E-state index >= 15 is 0 Å². The molecule has 3 nitrogen and oxygen atoms in total. The number of aromatic nitrogens is 3. The molecule has 0 amide bonds. The predicted octanol–water partition coefficient (Wildman–Crippen LogP) is 3.86. The zero-order chi connectivity index (χ0) is 13.5. The van der Waals surface area contributed by atoms with Crippen LogP contribution in [0.4, 0.5) is 0 Å². The third kappa shape index (κ3) is 1.53. The summed E-state index contributed by atoms with van der Waals surface area (Å²) < 4.78 is 2.05. The highest BCUT2D eigenvalue weighted by Gasteiger charge is 2.11. The van der Waals surface area contributed by atoms with Crippen LogP contribution in [0.3, 0.4) is 0 Å². The van der Waals surface area contributed by atoms with Crippen molar-refractivity contribution in [1.82, 2.24) is 14.4 Å². The molecule has 2 heterocycles. The van der Waals surface area contributed by atoms with Gasteiger partial charge in [-0.1, -0.05) is 42.5 Å². The Kier molecular flexibility index (Phi) is 2.33. The van der Waals surface area contributed by atoms with E-state index in [4.69, 9.17) is 4.98 Å². The summed E-state index contributed by atoms with van der Waals surface area (Å²) in [5.74, 6) is 0. The lowest BCUT2D eigenvalue weighted by Crippen LogP contribution is -1.95. The van der Waals surface area contributed by atoms with Gasteiger partial charge in [0.25, 0.3) is 0 Å². The number of hydrogen-bond donors (Lipinski definition) is 0. The number of rotatable bonds is 1. The molecule has 0 bridgehead atoms. The maximum atomic E-state index is 4.72. The first-order valence-electron chi connectivity index (χ1n) is 6.62. The molecule has 0 aliphatic rings. The van der Waals surface area contributed by atoms with Crippen LogP contribution in [0.2, 0.25) is 0 Å². The van der Waals surface area contributed by atoms with Crippen LogP contribution in [0.1, 0.15) is 5.56 Å². The molecular formula is C17H13N3. The number of aryl methyl sites for hydroxylation is 1. The Bertz CT molecular complexity index is 907. The number of benzene rings is 2. The van der Waals surface area contributed by atoms with Gasteiger partial charge in [-0.25, -0.2) is 9.97 Å². The molecule has 0 radical (unpaired) electrons. The lowest BCUT2D eigenvalue weighted by molar-refractivity contribution is 1.09. The quantitative estimate of drug-likeness (QED) is 0.519. The van der Waals surface area contributed by atoms with E-state index in [1.807, 2.05) is 42.7 Å². The van der Waals surface area contributed by atoms with Crippen LogP contribution in [0.15, 0.2) is 60.9 Å². The molecule has 0 saturated carbocycles. The largest absolute Gasteiger partial charge is 0.283 e. The molecule has 0 unspecified atom stereocenters. The van der Waals surface area contributed by atoms with E-state index in [1.165, 1.54) is 0 Å². The minimum atomic E-state index is 0.972. The summed E-state index contributed by atoms with van der Waals surface area (Å²) in [6.45, 7) is 2.08. The third-order valence-corrected chi connectivity index (χ3v) is 3.64. The molecule has 0 atom stereocenters. The first kappa shape index (κ1) is 11.2. The van der Waals surface area contributed by atoms with Crippen LogP contribution in [0.5, 0.6) is 0 Å². The second-order valence-corrected chi connectivity index (χ2v) is 4.88. The Labute approximate surface area is 116 Å². The van der Waals surface area contributed by atoms with Gasteiger partial charge in [0.05, 0.1) is 16.7 Å². The van der Waals surface area contributed by atoms with Crippen LogP contribution in [0, 0.1) is 6.92 Å². The van der Waals surface area contributed by atoms with Crippen LogP contribution in [-0.4, -0.2) is 14.4 Å². The van der Waals surface area contributed by atoms with Crippen molar-refractivity contribution >= 4 is 16.7 Å². The van der Waals surface area contributed by atoms with E-state index in [0.29, 0.717) is 0 Å². The third-order valence-electron chi connectivity index (χ3n) is 3.64. The molecule has 2 aromatic carbocycles. The fourth-order valence-corrected chi connectivity index (χ4v) is 2.63. The van der Waals surface area contributed by atoms with Crippen molar-refractivity contribution in [2.75, 3.05) is 0 Å². The fraction of sp³-hybridized carbons (Fsp3) is 0.0588. The van der Waals surface area contributed by atoms with Crippen molar-refractivity contribution in [3.05, 3.63) is 66.5 Å². The summed E-state index contributed by atoms with van der Waals surface area (Å²) in [6, 6.07) is 18.4. The zero-order valence-corrected chi connectivity index (χ0v) is 11.1. The highest BCUT2D eigenvalue weighted by Crippen LogP contribution is 2.25. The molecule has 3 heteroatoms. The SMILES string of the molecule is Cc1c(-c2ccccc2)ncn2c1nc1ccccc12. The van der Waals surface area contributed by atoms with Gasteiger partial charge in [0.2, 0.25) is 0 Å². The second-order valence-electron chi connectivity index (χ2n) is 4.88. The number of imidazole rings is 1. The Hall–Kier alpha value is -2.68. The monoisotopic (exact) mass is 259 g/mol. The molecule has 4 rings (SSSR count). The smallest absolute Gasteiger partial charge is 0.144 e. The fourth-order valence-electron chi connectivity index (χ4n) is 2.63. The van der Waals surface area contributed by atoms with Crippen molar-refractivity contribution in [3.8, 4) is 11.3 Å². The van der Waals surface area contributed by atoms with Gasteiger partial charge in [0.15, 0.2) is 0 Å². The summed E-state index contributed by atoms with van der Waals surface area (Å²) in [6.07, 6.45) is 1.86. The van der Waals surface area contributed by atoms with Crippen molar-refractivity contribution in [2.24, 2.45) is 0 Å². The number of nitrogens with zero attached hydrogens (tertiary/aromatic N) is 3. The number of hydrogen-bond acceptors (Lipinski definition) is 2. The second kappa shape index (κ2) is 4.17.